The van der Waals surface area contributed by atoms with E-state index >= 15 is 0 Å². The highest BCUT2D eigenvalue weighted by Crippen LogP contribution is 2.29. The van der Waals surface area contributed by atoms with E-state index in [2.05, 4.69) is 31.1 Å². The number of methoxy groups -OCH3 is 1. The maximum atomic E-state index is 13.0. The molecular formula is C27H34N8O2S. The summed E-state index contributed by atoms with van der Waals surface area (Å²) in [5.41, 5.74) is 1.78. The Morgan fingerprint density at radius 3 is 2.18 bits per heavy atom. The largest absolute Gasteiger partial charge is 0.497 e. The van der Waals surface area contributed by atoms with Crippen molar-refractivity contribution in [2.24, 2.45) is 0 Å². The topological polar surface area (TPSA) is 90.0 Å². The number of hydrogen-bond donors (Lipinski definition) is 1. The van der Waals surface area contributed by atoms with Gasteiger partial charge in [-0.2, -0.15) is 9.97 Å². The van der Waals surface area contributed by atoms with Gasteiger partial charge in [-0.3, -0.25) is 5.32 Å². The third-order valence-corrected chi connectivity index (χ3v) is 8.24. The van der Waals surface area contributed by atoms with Crippen LogP contribution in [-0.2, 0) is 0 Å². The standard InChI is InChI=1S/C27H34N8O2S/c1-37-21-8-6-7-20(17-21)22-19-38-26(28-22)31-27(36)35-15-13-33(14-16-35)24-18-23(32-9-2-3-10-32)29-25(30-24)34-11-4-5-12-34/h6-8,17-19H,2-5,9-16H2,1H3,(H,28,31,36). The minimum atomic E-state index is -0.116. The molecule has 2 amide bonds. The van der Waals surface area contributed by atoms with Crippen LogP contribution in [0.4, 0.5) is 27.5 Å². The molecule has 0 atom stereocenters. The van der Waals surface area contributed by atoms with E-state index in [-0.39, 0.29) is 6.03 Å². The number of aromatic nitrogens is 3. The molecule has 3 aromatic rings. The molecule has 10 nitrogen and oxygen atoms in total. The molecule has 0 radical (unpaired) electrons. The fourth-order valence-electron chi connectivity index (χ4n) is 5.29. The van der Waals surface area contributed by atoms with Crippen LogP contribution in [0.25, 0.3) is 11.3 Å². The van der Waals surface area contributed by atoms with Gasteiger partial charge in [-0.25, -0.2) is 9.78 Å². The fraction of sp³-hybridized carbons (Fsp3) is 0.481. The number of nitrogens with one attached hydrogen (secondary N) is 1. The lowest BCUT2D eigenvalue weighted by atomic mass is 10.2. The lowest BCUT2D eigenvalue weighted by Gasteiger charge is -2.35. The number of thiazole rings is 1. The van der Waals surface area contributed by atoms with Crippen LogP contribution in [0.2, 0.25) is 0 Å². The van der Waals surface area contributed by atoms with E-state index in [1.165, 1.54) is 37.0 Å². The van der Waals surface area contributed by atoms with Crippen LogP contribution in [0.15, 0.2) is 35.7 Å². The maximum Gasteiger partial charge on any atom is 0.323 e. The quantitative estimate of drug-likeness (QED) is 0.504. The maximum absolute atomic E-state index is 13.0. The van der Waals surface area contributed by atoms with Crippen molar-refractivity contribution in [2.75, 3.05) is 79.5 Å². The molecular weight excluding hydrogens is 500 g/mol. The molecule has 0 aliphatic carbocycles. The number of urea groups is 1. The zero-order valence-corrected chi connectivity index (χ0v) is 22.6. The predicted octanol–water partition coefficient (Wildman–Crippen LogP) is 4.16. The van der Waals surface area contributed by atoms with Crippen molar-refractivity contribution in [3.8, 4) is 17.0 Å². The molecule has 6 rings (SSSR count). The molecule has 0 unspecified atom stereocenters. The summed E-state index contributed by atoms with van der Waals surface area (Å²) in [5, 5.41) is 5.53. The molecule has 200 valence electrons. The van der Waals surface area contributed by atoms with Gasteiger partial charge in [0.25, 0.3) is 0 Å². The molecule has 1 aromatic carbocycles. The molecule has 11 heteroatoms. The number of benzene rings is 1. The van der Waals surface area contributed by atoms with Crippen LogP contribution in [0, 0.1) is 0 Å². The number of nitrogens with zero attached hydrogens (tertiary/aromatic N) is 7. The van der Waals surface area contributed by atoms with Gasteiger partial charge in [-0.1, -0.05) is 12.1 Å². The molecule has 1 N–H and O–H groups in total. The first-order valence-corrected chi connectivity index (χ1v) is 14.3. The number of amides is 2. The zero-order valence-electron chi connectivity index (χ0n) is 21.8. The van der Waals surface area contributed by atoms with Gasteiger partial charge in [-0.05, 0) is 37.8 Å². The van der Waals surface area contributed by atoms with Crippen molar-refractivity contribution in [3.63, 3.8) is 0 Å². The Labute approximate surface area is 227 Å². The van der Waals surface area contributed by atoms with Crippen LogP contribution in [-0.4, -0.2) is 85.4 Å². The van der Waals surface area contributed by atoms with Gasteiger partial charge in [0.2, 0.25) is 5.95 Å². The van der Waals surface area contributed by atoms with Crippen molar-refractivity contribution in [3.05, 3.63) is 35.7 Å². The van der Waals surface area contributed by atoms with Crippen molar-refractivity contribution >= 4 is 40.1 Å². The Balaban J connectivity index is 1.10. The minimum absolute atomic E-state index is 0.116. The van der Waals surface area contributed by atoms with Gasteiger partial charge in [0.1, 0.15) is 17.4 Å². The fourth-order valence-corrected chi connectivity index (χ4v) is 6.00. The number of piperazine rings is 1. The van der Waals surface area contributed by atoms with Crippen LogP contribution in [0.5, 0.6) is 5.75 Å². The first-order chi connectivity index (χ1) is 18.7. The summed E-state index contributed by atoms with van der Waals surface area (Å²) >= 11 is 1.43. The molecule has 2 aromatic heterocycles. The summed E-state index contributed by atoms with van der Waals surface area (Å²) in [6.45, 7) is 6.87. The Hall–Kier alpha value is -3.60. The second kappa shape index (κ2) is 11.0. The third kappa shape index (κ3) is 5.33. The lowest BCUT2D eigenvalue weighted by molar-refractivity contribution is 0.208. The van der Waals surface area contributed by atoms with Gasteiger partial charge in [-0.15, -0.1) is 11.3 Å². The second-order valence-corrected chi connectivity index (χ2v) is 10.8. The Morgan fingerprint density at radius 1 is 0.842 bits per heavy atom. The summed E-state index contributed by atoms with van der Waals surface area (Å²) in [7, 11) is 1.65. The van der Waals surface area contributed by atoms with E-state index in [9.17, 15) is 4.79 Å². The SMILES string of the molecule is COc1cccc(-c2csc(NC(=O)N3CCN(c4cc(N5CCCC5)nc(N5CCCC5)n4)CC3)n2)c1. The van der Waals surface area contributed by atoms with E-state index in [4.69, 9.17) is 14.7 Å². The first-order valence-electron chi connectivity index (χ1n) is 13.5. The molecule has 38 heavy (non-hydrogen) atoms. The van der Waals surface area contributed by atoms with Gasteiger partial charge < -0.3 is 24.3 Å². The third-order valence-electron chi connectivity index (χ3n) is 7.48. The highest BCUT2D eigenvalue weighted by molar-refractivity contribution is 7.14. The predicted molar refractivity (Wildman–Crippen MR) is 152 cm³/mol. The number of ether oxygens (including phenoxy) is 1. The van der Waals surface area contributed by atoms with E-state index in [1.54, 1.807) is 7.11 Å². The normalized spacial score (nSPS) is 17.8. The molecule has 0 spiro atoms. The number of rotatable bonds is 6. The Morgan fingerprint density at radius 2 is 1.50 bits per heavy atom. The van der Waals surface area contributed by atoms with E-state index in [0.29, 0.717) is 18.2 Å². The van der Waals surface area contributed by atoms with Crippen molar-refractivity contribution < 1.29 is 9.53 Å². The first kappa shape index (κ1) is 24.7. The van der Waals surface area contributed by atoms with Gasteiger partial charge >= 0.3 is 6.03 Å². The number of hydrogen-bond acceptors (Lipinski definition) is 9. The van der Waals surface area contributed by atoms with Crippen LogP contribution in [0.1, 0.15) is 25.7 Å². The molecule has 3 fully saturated rings. The molecule has 3 saturated heterocycles. The summed E-state index contributed by atoms with van der Waals surface area (Å²) in [6.07, 6.45) is 4.82. The van der Waals surface area contributed by atoms with E-state index in [0.717, 1.165) is 73.9 Å². The summed E-state index contributed by atoms with van der Waals surface area (Å²) < 4.78 is 5.31. The average molecular weight is 535 g/mol. The van der Waals surface area contributed by atoms with Crippen LogP contribution < -0.4 is 24.8 Å². The summed E-state index contributed by atoms with van der Waals surface area (Å²) in [5.74, 6) is 3.62. The smallest absolute Gasteiger partial charge is 0.323 e. The minimum Gasteiger partial charge on any atom is -0.497 e. The highest BCUT2D eigenvalue weighted by Gasteiger charge is 2.26. The van der Waals surface area contributed by atoms with E-state index < -0.39 is 0 Å². The van der Waals surface area contributed by atoms with Gasteiger partial charge in [0, 0.05) is 69.4 Å². The molecule has 5 heterocycles. The van der Waals surface area contributed by atoms with Crippen molar-refractivity contribution in [1.29, 1.82) is 0 Å². The Bertz CT molecular complexity index is 1230. The molecule has 3 aliphatic heterocycles. The molecule has 0 bridgehead atoms. The summed E-state index contributed by atoms with van der Waals surface area (Å²) in [6, 6.07) is 9.79. The van der Waals surface area contributed by atoms with Crippen LogP contribution >= 0.6 is 11.3 Å². The monoisotopic (exact) mass is 534 g/mol. The molecule has 3 aliphatic rings. The lowest BCUT2D eigenvalue weighted by Crippen LogP contribution is -2.50. The van der Waals surface area contributed by atoms with E-state index in [1.807, 2.05) is 34.5 Å². The van der Waals surface area contributed by atoms with Crippen molar-refractivity contribution in [1.82, 2.24) is 19.9 Å². The number of carbonyl (C=O) groups is 1. The number of carbonyl (C=O) groups excluding carboxylic acids is 1. The average Bonchev–Trinajstić information content (AvgIpc) is 3.76. The van der Waals surface area contributed by atoms with Crippen LogP contribution in [0.3, 0.4) is 0 Å². The second-order valence-electron chi connectivity index (χ2n) is 9.95. The molecule has 0 saturated carbocycles. The Kier molecular flexibility index (Phi) is 7.17. The summed E-state index contributed by atoms with van der Waals surface area (Å²) in [4.78, 5) is 36.4. The number of anilines is 4. The highest BCUT2D eigenvalue weighted by atomic mass is 32.1. The van der Waals surface area contributed by atoms with Crippen molar-refractivity contribution in [2.45, 2.75) is 25.7 Å². The van der Waals surface area contributed by atoms with Gasteiger partial charge in [0.15, 0.2) is 5.13 Å². The zero-order chi connectivity index (χ0) is 25.9. The van der Waals surface area contributed by atoms with Gasteiger partial charge in [0.05, 0.1) is 12.8 Å².